The third kappa shape index (κ3) is 2.97. The van der Waals surface area contributed by atoms with Crippen molar-refractivity contribution in [3.05, 3.63) is 74.3 Å². The molecule has 0 saturated carbocycles. The van der Waals surface area contributed by atoms with Gasteiger partial charge in [-0.1, -0.05) is 24.6 Å². The first-order valence-electron chi connectivity index (χ1n) is 8.43. The van der Waals surface area contributed by atoms with Crippen molar-refractivity contribution in [3.63, 3.8) is 0 Å². The number of hydrogen-bond donors (Lipinski definition) is 0. The summed E-state index contributed by atoms with van der Waals surface area (Å²) in [6, 6.07) is 9.97. The number of aryl methyl sites for hydroxylation is 1. The molecule has 134 valence electrons. The van der Waals surface area contributed by atoms with Crippen LogP contribution in [0.15, 0.2) is 45.6 Å². The molecular weight excluding hydrogens is 357 g/mol. The van der Waals surface area contributed by atoms with Gasteiger partial charge in [-0.05, 0) is 36.2 Å². The summed E-state index contributed by atoms with van der Waals surface area (Å²) in [5, 5.41) is 1.29. The fourth-order valence-electron chi connectivity index (χ4n) is 3.35. The number of ether oxygens (including phenoxy) is 1. The Labute approximate surface area is 154 Å². The van der Waals surface area contributed by atoms with Crippen molar-refractivity contribution in [3.8, 4) is 5.75 Å². The lowest BCUT2D eigenvalue weighted by Gasteiger charge is -2.29. The Kier molecular flexibility index (Phi) is 4.42. The number of benzene rings is 2. The summed E-state index contributed by atoms with van der Waals surface area (Å²) >= 11 is 6.14. The Hall–Kier alpha value is -2.37. The van der Waals surface area contributed by atoms with Crippen LogP contribution in [0.3, 0.4) is 0 Å². The molecule has 2 heterocycles. The third-order valence-electron chi connectivity index (χ3n) is 4.67. The summed E-state index contributed by atoms with van der Waals surface area (Å²) < 4.78 is 25.4. The van der Waals surface area contributed by atoms with E-state index in [0.29, 0.717) is 41.7 Å². The van der Waals surface area contributed by atoms with E-state index >= 15 is 0 Å². The van der Waals surface area contributed by atoms with Gasteiger partial charge in [0.1, 0.15) is 23.9 Å². The first-order valence-corrected chi connectivity index (χ1v) is 8.81. The molecule has 6 heteroatoms. The summed E-state index contributed by atoms with van der Waals surface area (Å²) in [6.45, 7) is 3.09. The Morgan fingerprint density at radius 2 is 2.12 bits per heavy atom. The average Bonchev–Trinajstić information content (AvgIpc) is 2.64. The van der Waals surface area contributed by atoms with Gasteiger partial charge in [-0.15, -0.1) is 0 Å². The van der Waals surface area contributed by atoms with E-state index in [1.165, 1.54) is 12.1 Å². The number of fused-ring (bicyclic) bond motifs is 3. The molecule has 4 rings (SSSR count). The van der Waals surface area contributed by atoms with Gasteiger partial charge in [0.25, 0.3) is 0 Å². The Balaban J connectivity index is 1.74. The summed E-state index contributed by atoms with van der Waals surface area (Å²) in [6.07, 6.45) is 0.732. The monoisotopic (exact) mass is 373 g/mol. The molecule has 3 aromatic rings. The van der Waals surface area contributed by atoms with Crippen molar-refractivity contribution < 1.29 is 13.5 Å². The molecule has 26 heavy (non-hydrogen) atoms. The molecule has 0 N–H and O–H groups in total. The minimum Gasteiger partial charge on any atom is -0.478 e. The summed E-state index contributed by atoms with van der Waals surface area (Å²) in [7, 11) is 0. The van der Waals surface area contributed by atoms with Gasteiger partial charge in [0.05, 0.1) is 5.56 Å². The van der Waals surface area contributed by atoms with Gasteiger partial charge >= 0.3 is 5.63 Å². The molecule has 0 radical (unpaired) electrons. The van der Waals surface area contributed by atoms with E-state index in [1.54, 1.807) is 12.1 Å². The molecule has 2 aromatic carbocycles. The number of nitrogens with zero attached hydrogens (tertiary/aromatic N) is 1. The SMILES string of the molecule is CCc1cc(=O)oc2c3c(ccc12)OCN(Cc1c(F)cccc1Cl)C3. The van der Waals surface area contributed by atoms with E-state index < -0.39 is 0 Å². The lowest BCUT2D eigenvalue weighted by molar-refractivity contribution is 0.0880. The van der Waals surface area contributed by atoms with Gasteiger partial charge in [0.2, 0.25) is 0 Å². The fourth-order valence-corrected chi connectivity index (χ4v) is 3.57. The highest BCUT2D eigenvalue weighted by molar-refractivity contribution is 6.31. The second kappa shape index (κ2) is 6.74. The van der Waals surface area contributed by atoms with Crippen molar-refractivity contribution in [2.75, 3.05) is 6.73 Å². The average molecular weight is 374 g/mol. The van der Waals surface area contributed by atoms with Gasteiger partial charge < -0.3 is 9.15 Å². The van der Waals surface area contributed by atoms with Gasteiger partial charge in [-0.2, -0.15) is 0 Å². The van der Waals surface area contributed by atoms with Crippen LogP contribution in [0, 0.1) is 5.82 Å². The smallest absolute Gasteiger partial charge is 0.336 e. The minimum absolute atomic E-state index is 0.305. The Morgan fingerprint density at radius 3 is 2.88 bits per heavy atom. The van der Waals surface area contributed by atoms with Crippen LogP contribution in [0.25, 0.3) is 11.0 Å². The van der Waals surface area contributed by atoms with E-state index in [1.807, 2.05) is 24.0 Å². The van der Waals surface area contributed by atoms with Crippen LogP contribution in [0.2, 0.25) is 5.02 Å². The molecule has 0 saturated heterocycles. The lowest BCUT2D eigenvalue weighted by atomic mass is 10.0. The number of rotatable bonds is 3. The minimum atomic E-state index is -0.378. The molecule has 4 nitrogen and oxygen atoms in total. The predicted molar refractivity (Wildman–Crippen MR) is 98.0 cm³/mol. The summed E-state index contributed by atoms with van der Waals surface area (Å²) in [5.41, 5.74) is 2.33. The maximum Gasteiger partial charge on any atom is 0.336 e. The van der Waals surface area contributed by atoms with E-state index in [-0.39, 0.29) is 11.4 Å². The normalized spacial score (nSPS) is 14.3. The van der Waals surface area contributed by atoms with Crippen molar-refractivity contribution in [2.45, 2.75) is 26.4 Å². The summed E-state index contributed by atoms with van der Waals surface area (Å²) in [5.74, 6) is 0.339. The zero-order valence-electron chi connectivity index (χ0n) is 14.2. The van der Waals surface area contributed by atoms with Crippen LogP contribution in [0.4, 0.5) is 4.39 Å². The largest absolute Gasteiger partial charge is 0.478 e. The van der Waals surface area contributed by atoms with Crippen molar-refractivity contribution >= 4 is 22.6 Å². The van der Waals surface area contributed by atoms with Crippen LogP contribution < -0.4 is 10.4 Å². The van der Waals surface area contributed by atoms with Crippen molar-refractivity contribution in [2.24, 2.45) is 0 Å². The van der Waals surface area contributed by atoms with Gasteiger partial charge in [0, 0.05) is 35.1 Å². The third-order valence-corrected chi connectivity index (χ3v) is 5.02. The number of hydrogen-bond acceptors (Lipinski definition) is 4. The Morgan fingerprint density at radius 1 is 1.27 bits per heavy atom. The van der Waals surface area contributed by atoms with Crippen LogP contribution in [0.5, 0.6) is 5.75 Å². The Bertz CT molecular complexity index is 1030. The van der Waals surface area contributed by atoms with Crippen molar-refractivity contribution in [1.82, 2.24) is 4.90 Å². The quantitative estimate of drug-likeness (QED) is 0.634. The molecule has 1 aliphatic rings. The van der Waals surface area contributed by atoms with Crippen LogP contribution in [-0.2, 0) is 19.5 Å². The first-order chi connectivity index (χ1) is 12.6. The van der Waals surface area contributed by atoms with E-state index in [4.69, 9.17) is 20.8 Å². The molecule has 1 aliphatic heterocycles. The van der Waals surface area contributed by atoms with Gasteiger partial charge in [0.15, 0.2) is 0 Å². The topological polar surface area (TPSA) is 42.7 Å². The van der Waals surface area contributed by atoms with Crippen molar-refractivity contribution in [1.29, 1.82) is 0 Å². The first kappa shape index (κ1) is 17.1. The van der Waals surface area contributed by atoms with Gasteiger partial charge in [-0.3, -0.25) is 4.90 Å². The molecule has 0 aliphatic carbocycles. The molecule has 1 aromatic heterocycles. The predicted octanol–water partition coefficient (Wildman–Crippen LogP) is 4.50. The molecule has 0 atom stereocenters. The standard InChI is InChI=1S/C20H17ClFNO3/c1-2-12-8-19(24)26-20-13(12)6-7-18-15(20)10-23(11-25-18)9-14-16(21)4-3-5-17(14)22/h3-8H,2,9-11H2,1H3. The van der Waals surface area contributed by atoms with E-state index in [9.17, 15) is 9.18 Å². The number of halogens is 2. The second-order valence-corrected chi connectivity index (χ2v) is 6.73. The molecule has 0 unspecified atom stereocenters. The molecule has 0 spiro atoms. The molecule has 0 fully saturated rings. The zero-order chi connectivity index (χ0) is 18.3. The highest BCUT2D eigenvalue weighted by atomic mass is 35.5. The van der Waals surface area contributed by atoms with E-state index in [0.717, 1.165) is 22.9 Å². The fraction of sp³-hybridized carbons (Fsp3) is 0.250. The van der Waals surface area contributed by atoms with Crippen LogP contribution in [0.1, 0.15) is 23.6 Å². The molecule has 0 bridgehead atoms. The van der Waals surface area contributed by atoms with Gasteiger partial charge in [-0.25, -0.2) is 9.18 Å². The van der Waals surface area contributed by atoms with Crippen LogP contribution in [-0.4, -0.2) is 11.6 Å². The van der Waals surface area contributed by atoms with E-state index in [2.05, 4.69) is 0 Å². The molecular formula is C20H17ClFNO3. The highest BCUT2D eigenvalue weighted by Gasteiger charge is 2.23. The maximum absolute atomic E-state index is 14.1. The molecule has 0 amide bonds. The highest BCUT2D eigenvalue weighted by Crippen LogP contribution is 2.34. The van der Waals surface area contributed by atoms with Crippen LogP contribution >= 0.6 is 11.6 Å². The lowest BCUT2D eigenvalue weighted by Crippen LogP contribution is -2.32. The maximum atomic E-state index is 14.1. The zero-order valence-corrected chi connectivity index (χ0v) is 15.0. The second-order valence-electron chi connectivity index (χ2n) is 6.32. The summed E-state index contributed by atoms with van der Waals surface area (Å²) in [4.78, 5) is 13.8.